The van der Waals surface area contributed by atoms with Crippen molar-refractivity contribution in [2.45, 2.75) is 77.0 Å². The minimum Gasteiger partial charge on any atom is -0.467 e. The molecule has 5 rings (SSSR count). The van der Waals surface area contributed by atoms with Crippen molar-refractivity contribution < 1.29 is 33.4 Å². The Kier molecular flexibility index (Phi) is 12.1. The van der Waals surface area contributed by atoms with Crippen LogP contribution in [-0.2, 0) is 35.1 Å². The summed E-state index contributed by atoms with van der Waals surface area (Å²) in [5.74, 6) is -2.68. The molecule has 51 heavy (non-hydrogen) atoms. The molecule has 0 saturated carbocycles. The van der Waals surface area contributed by atoms with Gasteiger partial charge in [0.2, 0.25) is 17.7 Å². The van der Waals surface area contributed by atoms with E-state index in [-0.39, 0.29) is 30.8 Å². The Bertz CT molecular complexity index is 1680. The molecule has 270 valence electrons. The molecule has 0 unspecified atom stereocenters. The molecule has 11 nitrogen and oxygen atoms in total. The van der Waals surface area contributed by atoms with Crippen LogP contribution in [-0.4, -0.2) is 79.1 Å². The van der Waals surface area contributed by atoms with Crippen molar-refractivity contribution in [1.82, 2.24) is 20.9 Å². The van der Waals surface area contributed by atoms with E-state index < -0.39 is 54.0 Å². The number of nitrogens with zero attached hydrogens (tertiary/aromatic N) is 1. The number of hydrogen-bond acceptors (Lipinski definition) is 7. The highest BCUT2D eigenvalue weighted by atomic mass is 16.5. The highest BCUT2D eigenvalue weighted by Crippen LogP contribution is 2.44. The third-order valence-electron chi connectivity index (χ3n) is 9.72. The maximum atomic E-state index is 14.2. The number of alkyl carbamates (subject to hydrolysis) is 1. The van der Waals surface area contributed by atoms with E-state index in [4.69, 9.17) is 9.47 Å². The maximum absolute atomic E-state index is 14.2. The van der Waals surface area contributed by atoms with Crippen molar-refractivity contribution in [3.05, 3.63) is 95.6 Å². The van der Waals surface area contributed by atoms with Crippen LogP contribution in [0.1, 0.15) is 63.1 Å². The summed E-state index contributed by atoms with van der Waals surface area (Å²) in [5, 5.41) is 8.36. The summed E-state index contributed by atoms with van der Waals surface area (Å²) in [6.07, 6.45) is 0.427. The first-order valence-electron chi connectivity index (χ1n) is 17.6. The minimum atomic E-state index is -1.01. The van der Waals surface area contributed by atoms with Gasteiger partial charge in [0.1, 0.15) is 30.8 Å². The molecule has 0 aromatic heterocycles. The number of likely N-dealkylation sites (tertiary alicyclic amines) is 1. The number of hydrogen-bond donors (Lipinski definition) is 3. The van der Waals surface area contributed by atoms with Gasteiger partial charge in [-0.3, -0.25) is 14.4 Å². The molecule has 1 fully saturated rings. The number of amides is 4. The summed E-state index contributed by atoms with van der Waals surface area (Å²) in [6, 6.07) is 21.7. The van der Waals surface area contributed by atoms with Crippen molar-refractivity contribution in [2.75, 3.05) is 20.3 Å². The van der Waals surface area contributed by atoms with Crippen molar-refractivity contribution in [2.24, 2.45) is 11.8 Å². The van der Waals surface area contributed by atoms with Gasteiger partial charge in [0.15, 0.2) is 0 Å². The zero-order chi connectivity index (χ0) is 36.7. The van der Waals surface area contributed by atoms with Gasteiger partial charge in [-0.25, -0.2) is 9.59 Å². The van der Waals surface area contributed by atoms with Crippen molar-refractivity contribution in [3.63, 3.8) is 0 Å². The number of rotatable bonds is 13. The second-order valence-corrected chi connectivity index (χ2v) is 13.9. The van der Waals surface area contributed by atoms with Gasteiger partial charge >= 0.3 is 12.1 Å². The summed E-state index contributed by atoms with van der Waals surface area (Å²) in [7, 11) is 1.25. The monoisotopic (exact) mass is 696 g/mol. The summed E-state index contributed by atoms with van der Waals surface area (Å²) in [6.45, 7) is 7.56. The van der Waals surface area contributed by atoms with Gasteiger partial charge in [0.05, 0.1) is 7.11 Å². The first kappa shape index (κ1) is 37.1. The van der Waals surface area contributed by atoms with Gasteiger partial charge in [-0.1, -0.05) is 107 Å². The normalized spacial score (nSPS) is 16.8. The average Bonchev–Trinajstić information content (AvgIpc) is 3.74. The van der Waals surface area contributed by atoms with Gasteiger partial charge in [-0.05, 0) is 52.5 Å². The number of carbonyl (C=O) groups excluding carboxylic acids is 5. The van der Waals surface area contributed by atoms with E-state index in [0.29, 0.717) is 19.4 Å². The first-order chi connectivity index (χ1) is 24.5. The Morgan fingerprint density at radius 2 is 1.35 bits per heavy atom. The van der Waals surface area contributed by atoms with Crippen molar-refractivity contribution in [3.8, 4) is 11.1 Å². The van der Waals surface area contributed by atoms with E-state index in [1.165, 1.54) is 12.0 Å². The molecule has 1 aliphatic heterocycles. The van der Waals surface area contributed by atoms with Crippen LogP contribution in [0.5, 0.6) is 0 Å². The number of ether oxygens (including phenoxy) is 2. The molecule has 3 aromatic rings. The molecule has 3 aromatic carbocycles. The predicted octanol–water partition coefficient (Wildman–Crippen LogP) is 4.58. The summed E-state index contributed by atoms with van der Waals surface area (Å²) < 4.78 is 10.7. The molecule has 0 radical (unpaired) electrons. The molecule has 3 N–H and O–H groups in total. The predicted molar refractivity (Wildman–Crippen MR) is 192 cm³/mol. The lowest BCUT2D eigenvalue weighted by Gasteiger charge is -2.31. The third kappa shape index (κ3) is 8.58. The fraction of sp³-hybridized carbons (Fsp3) is 0.425. The smallest absolute Gasteiger partial charge is 0.407 e. The lowest BCUT2D eigenvalue weighted by atomic mass is 9.98. The molecule has 11 heteroatoms. The largest absolute Gasteiger partial charge is 0.467 e. The van der Waals surface area contributed by atoms with Gasteiger partial charge in [-0.2, -0.15) is 0 Å². The SMILES string of the molecule is COC(=O)[C@@H](NC(=O)[C@@H](NC(=O)[C@@H]1CCCN1C(=O)[C@H](Cc1ccccc1)NC(=O)OCC1c2ccccc2-c2ccccc21)C(C)C)C(C)C. The van der Waals surface area contributed by atoms with Gasteiger partial charge in [0, 0.05) is 18.9 Å². The van der Waals surface area contributed by atoms with Crippen molar-refractivity contribution >= 4 is 29.8 Å². The zero-order valence-corrected chi connectivity index (χ0v) is 29.9. The Labute approximate surface area is 299 Å². The van der Waals surface area contributed by atoms with Crippen LogP contribution in [0, 0.1) is 11.8 Å². The van der Waals surface area contributed by atoms with Gasteiger partial charge in [0.25, 0.3) is 0 Å². The topological polar surface area (TPSA) is 143 Å². The van der Waals surface area contributed by atoms with Crippen LogP contribution in [0.25, 0.3) is 11.1 Å². The van der Waals surface area contributed by atoms with Crippen LogP contribution in [0.15, 0.2) is 78.9 Å². The van der Waals surface area contributed by atoms with Gasteiger partial charge in [-0.15, -0.1) is 0 Å². The molecular formula is C40H48N4O7. The van der Waals surface area contributed by atoms with Gasteiger partial charge < -0.3 is 30.3 Å². The van der Waals surface area contributed by atoms with E-state index in [1.54, 1.807) is 27.7 Å². The van der Waals surface area contributed by atoms with Crippen LogP contribution >= 0.6 is 0 Å². The van der Waals surface area contributed by atoms with E-state index in [9.17, 15) is 24.0 Å². The lowest BCUT2D eigenvalue weighted by molar-refractivity contribution is -0.147. The molecule has 0 bridgehead atoms. The highest BCUT2D eigenvalue weighted by molar-refractivity contribution is 5.95. The number of fused-ring (bicyclic) bond motifs is 3. The summed E-state index contributed by atoms with van der Waals surface area (Å²) in [4.78, 5) is 68.5. The average molecular weight is 697 g/mol. The number of nitrogens with one attached hydrogen (secondary N) is 3. The molecule has 4 amide bonds. The summed E-state index contributed by atoms with van der Waals surface area (Å²) >= 11 is 0. The Morgan fingerprint density at radius 3 is 1.94 bits per heavy atom. The number of benzene rings is 3. The van der Waals surface area contributed by atoms with Crippen LogP contribution in [0.3, 0.4) is 0 Å². The van der Waals surface area contributed by atoms with E-state index in [0.717, 1.165) is 27.8 Å². The quantitative estimate of drug-likeness (QED) is 0.222. The van der Waals surface area contributed by atoms with Crippen molar-refractivity contribution in [1.29, 1.82) is 0 Å². The number of esters is 1. The van der Waals surface area contributed by atoms with E-state index in [1.807, 2.05) is 66.7 Å². The lowest BCUT2D eigenvalue weighted by Crippen LogP contribution is -2.59. The Hall–Kier alpha value is -5.19. The minimum absolute atomic E-state index is 0.0904. The van der Waals surface area contributed by atoms with Crippen LogP contribution in [0.4, 0.5) is 4.79 Å². The summed E-state index contributed by atoms with van der Waals surface area (Å²) in [5.41, 5.74) is 5.20. The molecule has 4 atom stereocenters. The van der Waals surface area contributed by atoms with Crippen LogP contribution < -0.4 is 16.0 Å². The molecule has 1 heterocycles. The molecular weight excluding hydrogens is 648 g/mol. The van der Waals surface area contributed by atoms with E-state index in [2.05, 4.69) is 28.1 Å². The molecule has 1 aliphatic carbocycles. The highest BCUT2D eigenvalue weighted by Gasteiger charge is 2.40. The molecule has 1 saturated heterocycles. The molecule has 2 aliphatic rings. The standard InChI is InChI=1S/C40H48N4O7/c1-24(2)34(37(46)43-35(25(3)4)39(48)50-5)42-36(45)33-20-13-21-44(33)38(47)32(22-26-14-7-6-8-15-26)41-40(49)51-23-31-29-18-11-9-16-27(29)28-17-10-12-19-30(28)31/h6-12,14-19,24-25,31-35H,13,20-23H2,1-5H3,(H,41,49)(H,42,45)(H,43,46)/t32-,33-,34-,35-/m0/s1. The number of methoxy groups -OCH3 is 1. The maximum Gasteiger partial charge on any atom is 0.407 e. The van der Waals surface area contributed by atoms with Crippen LogP contribution in [0.2, 0.25) is 0 Å². The third-order valence-corrected chi connectivity index (χ3v) is 9.72. The Balaban J connectivity index is 1.29. The van der Waals surface area contributed by atoms with E-state index >= 15 is 0 Å². The fourth-order valence-corrected chi connectivity index (χ4v) is 6.99. The zero-order valence-electron chi connectivity index (χ0n) is 29.9. The Morgan fingerprint density at radius 1 is 0.765 bits per heavy atom. The molecule has 0 spiro atoms. The fourth-order valence-electron chi connectivity index (χ4n) is 6.99. The number of carbonyl (C=O) groups is 5. The second kappa shape index (κ2) is 16.7. The first-order valence-corrected chi connectivity index (χ1v) is 17.6. The second-order valence-electron chi connectivity index (χ2n) is 13.9.